The molecule has 98 valence electrons. The first-order valence-corrected chi connectivity index (χ1v) is 7.33. The number of hydrogen-bond acceptors (Lipinski definition) is 2. The lowest BCUT2D eigenvalue weighted by Gasteiger charge is -2.15. The van der Waals surface area contributed by atoms with Crippen LogP contribution in [-0.2, 0) is 12.8 Å². The van der Waals surface area contributed by atoms with Gasteiger partial charge in [-0.1, -0.05) is 6.07 Å². The van der Waals surface area contributed by atoms with E-state index in [4.69, 9.17) is 4.74 Å². The molecule has 0 heterocycles. The molecule has 1 N–H and O–H groups in total. The molecule has 0 bridgehead atoms. The van der Waals surface area contributed by atoms with Crippen molar-refractivity contribution in [2.24, 2.45) is 0 Å². The molecule has 2 heteroatoms. The SMILES string of the molecule is CC(CCNC1CC1)Oc1ccc2c(c1)CCC2. The molecule has 0 spiro atoms. The van der Waals surface area contributed by atoms with Crippen LogP contribution in [0.1, 0.15) is 43.7 Å². The van der Waals surface area contributed by atoms with Crippen molar-refractivity contribution in [3.8, 4) is 5.75 Å². The van der Waals surface area contributed by atoms with E-state index >= 15 is 0 Å². The molecule has 2 aliphatic carbocycles. The zero-order chi connectivity index (χ0) is 12.4. The summed E-state index contributed by atoms with van der Waals surface area (Å²) in [6.45, 7) is 3.25. The van der Waals surface area contributed by atoms with Gasteiger partial charge in [-0.2, -0.15) is 0 Å². The van der Waals surface area contributed by atoms with E-state index in [9.17, 15) is 0 Å². The molecule has 1 atom stereocenters. The Morgan fingerprint density at radius 3 is 2.94 bits per heavy atom. The largest absolute Gasteiger partial charge is 0.491 e. The van der Waals surface area contributed by atoms with Crippen molar-refractivity contribution < 1.29 is 4.74 Å². The van der Waals surface area contributed by atoms with Crippen molar-refractivity contribution in [2.75, 3.05) is 6.54 Å². The molecule has 1 saturated carbocycles. The Balaban J connectivity index is 1.48. The predicted molar refractivity (Wildman–Crippen MR) is 74.2 cm³/mol. The van der Waals surface area contributed by atoms with Crippen molar-refractivity contribution in [3.05, 3.63) is 29.3 Å². The average molecular weight is 245 g/mol. The Morgan fingerprint density at radius 2 is 2.11 bits per heavy atom. The number of hydrogen-bond donors (Lipinski definition) is 1. The molecule has 1 aromatic rings. The smallest absolute Gasteiger partial charge is 0.119 e. The third-order valence-corrected chi connectivity index (χ3v) is 3.97. The highest BCUT2D eigenvalue weighted by Gasteiger charge is 2.20. The van der Waals surface area contributed by atoms with E-state index in [0.717, 1.165) is 24.8 Å². The summed E-state index contributed by atoms with van der Waals surface area (Å²) in [7, 11) is 0. The molecule has 3 rings (SSSR count). The monoisotopic (exact) mass is 245 g/mol. The van der Waals surface area contributed by atoms with E-state index in [2.05, 4.69) is 30.4 Å². The standard InChI is InChI=1S/C16H23NO/c1-12(9-10-17-15-6-7-15)18-16-8-5-13-3-2-4-14(13)11-16/h5,8,11-12,15,17H,2-4,6-7,9-10H2,1H3. The van der Waals surface area contributed by atoms with E-state index in [-0.39, 0.29) is 0 Å². The Hall–Kier alpha value is -1.02. The van der Waals surface area contributed by atoms with Crippen molar-refractivity contribution in [1.29, 1.82) is 0 Å². The van der Waals surface area contributed by atoms with Gasteiger partial charge in [0.25, 0.3) is 0 Å². The van der Waals surface area contributed by atoms with Gasteiger partial charge in [0.1, 0.15) is 5.75 Å². The Morgan fingerprint density at radius 1 is 1.28 bits per heavy atom. The molecule has 1 aromatic carbocycles. The second-order valence-corrected chi connectivity index (χ2v) is 5.73. The topological polar surface area (TPSA) is 21.3 Å². The summed E-state index contributed by atoms with van der Waals surface area (Å²) >= 11 is 0. The van der Waals surface area contributed by atoms with E-state index in [1.54, 1.807) is 0 Å². The molecule has 0 radical (unpaired) electrons. The molecule has 1 unspecified atom stereocenters. The van der Waals surface area contributed by atoms with Crippen molar-refractivity contribution in [2.45, 2.75) is 57.6 Å². The van der Waals surface area contributed by atoms with E-state index in [0.29, 0.717) is 6.10 Å². The summed E-state index contributed by atoms with van der Waals surface area (Å²) in [5.41, 5.74) is 3.02. The summed E-state index contributed by atoms with van der Waals surface area (Å²) in [5.74, 6) is 1.05. The maximum atomic E-state index is 6.00. The van der Waals surface area contributed by atoms with Crippen molar-refractivity contribution in [1.82, 2.24) is 5.32 Å². The molecule has 0 amide bonds. The van der Waals surface area contributed by atoms with Gasteiger partial charge in [-0.05, 0) is 75.3 Å². The zero-order valence-electron chi connectivity index (χ0n) is 11.2. The van der Waals surface area contributed by atoms with Gasteiger partial charge in [-0.15, -0.1) is 0 Å². The number of benzene rings is 1. The molecule has 0 saturated heterocycles. The van der Waals surface area contributed by atoms with Crippen LogP contribution in [0.15, 0.2) is 18.2 Å². The van der Waals surface area contributed by atoms with Gasteiger partial charge >= 0.3 is 0 Å². The number of ether oxygens (including phenoxy) is 1. The molecular formula is C16H23NO. The third-order valence-electron chi connectivity index (χ3n) is 3.97. The molecule has 1 fully saturated rings. The number of rotatable bonds is 6. The molecule has 2 aliphatic rings. The maximum absolute atomic E-state index is 6.00. The molecule has 18 heavy (non-hydrogen) atoms. The minimum absolute atomic E-state index is 0.302. The van der Waals surface area contributed by atoms with Crippen LogP contribution in [0.25, 0.3) is 0 Å². The molecular weight excluding hydrogens is 222 g/mol. The van der Waals surface area contributed by atoms with Crippen LogP contribution in [0.5, 0.6) is 5.75 Å². The van der Waals surface area contributed by atoms with Crippen LogP contribution in [0, 0.1) is 0 Å². The lowest BCUT2D eigenvalue weighted by molar-refractivity contribution is 0.209. The first-order chi connectivity index (χ1) is 8.81. The van der Waals surface area contributed by atoms with Gasteiger partial charge in [0.2, 0.25) is 0 Å². The summed E-state index contributed by atoms with van der Waals surface area (Å²) in [6.07, 6.45) is 7.89. The number of nitrogens with one attached hydrogen (secondary N) is 1. The zero-order valence-corrected chi connectivity index (χ0v) is 11.2. The lowest BCUT2D eigenvalue weighted by atomic mass is 10.1. The highest BCUT2D eigenvalue weighted by Crippen LogP contribution is 2.26. The minimum atomic E-state index is 0.302. The summed E-state index contributed by atoms with van der Waals surface area (Å²) in [5, 5.41) is 3.53. The second-order valence-electron chi connectivity index (χ2n) is 5.73. The fraction of sp³-hybridized carbons (Fsp3) is 0.625. The van der Waals surface area contributed by atoms with Gasteiger partial charge in [-0.3, -0.25) is 0 Å². The first-order valence-electron chi connectivity index (χ1n) is 7.33. The normalized spacial score (nSPS) is 19.6. The quantitative estimate of drug-likeness (QED) is 0.831. The van der Waals surface area contributed by atoms with E-state index in [1.165, 1.54) is 43.2 Å². The van der Waals surface area contributed by atoms with Gasteiger partial charge in [0, 0.05) is 6.04 Å². The fourth-order valence-electron chi connectivity index (χ4n) is 2.69. The fourth-order valence-corrected chi connectivity index (χ4v) is 2.69. The summed E-state index contributed by atoms with van der Waals surface area (Å²) < 4.78 is 6.00. The van der Waals surface area contributed by atoms with Gasteiger partial charge in [0.05, 0.1) is 6.10 Å². The van der Waals surface area contributed by atoms with Crippen molar-refractivity contribution in [3.63, 3.8) is 0 Å². The lowest BCUT2D eigenvalue weighted by Crippen LogP contribution is -2.23. The summed E-state index contributed by atoms with van der Waals surface area (Å²) in [4.78, 5) is 0. The van der Waals surface area contributed by atoms with Crippen molar-refractivity contribution >= 4 is 0 Å². The van der Waals surface area contributed by atoms with Gasteiger partial charge in [-0.25, -0.2) is 0 Å². The van der Waals surface area contributed by atoms with E-state index < -0.39 is 0 Å². The maximum Gasteiger partial charge on any atom is 0.119 e. The molecule has 0 aromatic heterocycles. The van der Waals surface area contributed by atoms with Gasteiger partial charge in [0.15, 0.2) is 0 Å². The Kier molecular flexibility index (Phi) is 3.55. The first kappa shape index (κ1) is 12.0. The second kappa shape index (κ2) is 5.31. The van der Waals surface area contributed by atoms with Crippen LogP contribution in [-0.4, -0.2) is 18.7 Å². The number of fused-ring (bicyclic) bond motifs is 1. The Bertz CT molecular complexity index is 412. The van der Waals surface area contributed by atoms with Crippen LogP contribution in [0.4, 0.5) is 0 Å². The van der Waals surface area contributed by atoms with E-state index in [1.807, 2.05) is 0 Å². The van der Waals surface area contributed by atoms with Crippen LogP contribution in [0.2, 0.25) is 0 Å². The third kappa shape index (κ3) is 3.05. The Labute approximate surface area is 110 Å². The van der Waals surface area contributed by atoms with Crippen LogP contribution >= 0.6 is 0 Å². The van der Waals surface area contributed by atoms with Gasteiger partial charge < -0.3 is 10.1 Å². The number of aryl methyl sites for hydroxylation is 2. The predicted octanol–water partition coefficient (Wildman–Crippen LogP) is 3.08. The van der Waals surface area contributed by atoms with Crippen LogP contribution in [0.3, 0.4) is 0 Å². The highest BCUT2D eigenvalue weighted by molar-refractivity contribution is 5.38. The average Bonchev–Trinajstić information content (AvgIpc) is 3.06. The molecule has 2 nitrogen and oxygen atoms in total. The minimum Gasteiger partial charge on any atom is -0.491 e. The summed E-state index contributed by atoms with van der Waals surface area (Å²) in [6, 6.07) is 7.42. The highest BCUT2D eigenvalue weighted by atomic mass is 16.5. The van der Waals surface area contributed by atoms with Crippen LogP contribution < -0.4 is 10.1 Å². The molecule has 0 aliphatic heterocycles.